The summed E-state index contributed by atoms with van der Waals surface area (Å²) in [5.74, 6) is 0. The molecule has 1 aliphatic heterocycles. The van der Waals surface area contributed by atoms with Crippen molar-refractivity contribution in [3.63, 3.8) is 0 Å². The molecule has 1 aromatic rings. The van der Waals surface area contributed by atoms with Crippen molar-refractivity contribution in [3.05, 3.63) is 35.9 Å². The summed E-state index contributed by atoms with van der Waals surface area (Å²) in [6.45, 7) is 2.41. The number of hydrogen-bond donors (Lipinski definition) is 0. The van der Waals surface area contributed by atoms with Crippen LogP contribution in [-0.4, -0.2) is 21.9 Å². The average molecular weight is 301 g/mol. The van der Waals surface area contributed by atoms with Crippen LogP contribution in [0.5, 0.6) is 0 Å². The van der Waals surface area contributed by atoms with Gasteiger partial charge >= 0.3 is 0 Å². The van der Waals surface area contributed by atoms with Crippen LogP contribution < -0.4 is 0 Å². The van der Waals surface area contributed by atoms with E-state index in [9.17, 15) is 0 Å². The van der Waals surface area contributed by atoms with Crippen molar-refractivity contribution in [2.24, 2.45) is 0 Å². The molecule has 1 heterocycles. The number of likely N-dealkylation sites (tertiary alicyclic amines) is 1. The largest absolute Gasteiger partial charge is 0.295 e. The molecule has 1 saturated heterocycles. The van der Waals surface area contributed by atoms with Gasteiger partial charge in [-0.25, -0.2) is 0 Å². The Morgan fingerprint density at radius 3 is 2.79 bits per heavy atom. The van der Waals surface area contributed by atoms with E-state index in [2.05, 4.69) is 57.8 Å². The fourth-order valence-corrected chi connectivity index (χ4v) is 3.09. The highest BCUT2D eigenvalue weighted by molar-refractivity contribution is 14.1. The Hall–Kier alpha value is -0.0900. The van der Waals surface area contributed by atoms with Crippen LogP contribution in [-0.2, 0) is 6.54 Å². The van der Waals surface area contributed by atoms with Crippen molar-refractivity contribution in [2.75, 3.05) is 11.0 Å². The lowest BCUT2D eigenvalue weighted by Gasteiger charge is -2.22. The number of hydrogen-bond acceptors (Lipinski definition) is 1. The zero-order valence-electron chi connectivity index (χ0n) is 8.32. The SMILES string of the molecule is IC[C@@H]1CCCN1Cc1ccccc1. The van der Waals surface area contributed by atoms with E-state index in [-0.39, 0.29) is 0 Å². The minimum atomic E-state index is 0.816. The van der Waals surface area contributed by atoms with Gasteiger partial charge < -0.3 is 0 Å². The summed E-state index contributed by atoms with van der Waals surface area (Å²) in [4.78, 5) is 2.61. The zero-order chi connectivity index (χ0) is 9.80. The number of nitrogens with zero attached hydrogens (tertiary/aromatic N) is 1. The van der Waals surface area contributed by atoms with Crippen LogP contribution in [0.4, 0.5) is 0 Å². The Morgan fingerprint density at radius 1 is 1.29 bits per heavy atom. The topological polar surface area (TPSA) is 3.24 Å². The first-order valence-corrected chi connectivity index (χ1v) is 6.76. The Labute approximate surface area is 99.6 Å². The molecule has 1 atom stereocenters. The highest BCUT2D eigenvalue weighted by atomic mass is 127. The molecule has 0 amide bonds. The molecule has 0 aliphatic carbocycles. The number of alkyl halides is 1. The van der Waals surface area contributed by atoms with Crippen LogP contribution in [0.25, 0.3) is 0 Å². The summed E-state index contributed by atoms with van der Waals surface area (Å²) in [5.41, 5.74) is 1.45. The smallest absolute Gasteiger partial charge is 0.0236 e. The van der Waals surface area contributed by atoms with Gasteiger partial charge in [-0.1, -0.05) is 52.9 Å². The second-order valence-electron chi connectivity index (χ2n) is 3.91. The summed E-state index contributed by atoms with van der Waals surface area (Å²) >= 11 is 2.51. The van der Waals surface area contributed by atoms with Gasteiger partial charge in [-0.05, 0) is 24.9 Å². The fourth-order valence-electron chi connectivity index (χ4n) is 2.10. The Kier molecular flexibility index (Phi) is 3.81. The maximum absolute atomic E-state index is 2.61. The van der Waals surface area contributed by atoms with E-state index in [1.54, 1.807) is 0 Å². The van der Waals surface area contributed by atoms with Crippen LogP contribution in [0.3, 0.4) is 0 Å². The van der Waals surface area contributed by atoms with Crippen molar-refractivity contribution >= 4 is 22.6 Å². The number of halogens is 1. The van der Waals surface area contributed by atoms with Crippen LogP contribution >= 0.6 is 22.6 Å². The molecule has 1 aliphatic rings. The summed E-state index contributed by atoms with van der Waals surface area (Å²) in [7, 11) is 0. The average Bonchev–Trinajstić information content (AvgIpc) is 2.67. The Bertz CT molecular complexity index is 273. The standard InChI is InChI=1S/C12H16IN/c13-9-12-7-4-8-14(12)10-11-5-2-1-3-6-11/h1-3,5-6,12H,4,7-10H2/t12-/m0/s1. The molecule has 2 heteroatoms. The minimum absolute atomic E-state index is 0.816. The maximum atomic E-state index is 2.61. The molecule has 0 N–H and O–H groups in total. The molecular formula is C12H16IN. The fraction of sp³-hybridized carbons (Fsp3) is 0.500. The van der Waals surface area contributed by atoms with E-state index in [1.807, 2.05) is 0 Å². The highest BCUT2D eigenvalue weighted by Gasteiger charge is 2.22. The van der Waals surface area contributed by atoms with Crippen LogP contribution in [0.2, 0.25) is 0 Å². The van der Waals surface area contributed by atoms with Gasteiger partial charge in [-0.2, -0.15) is 0 Å². The molecular weight excluding hydrogens is 285 g/mol. The van der Waals surface area contributed by atoms with Crippen molar-refractivity contribution in [2.45, 2.75) is 25.4 Å². The van der Waals surface area contributed by atoms with E-state index in [0.29, 0.717) is 0 Å². The van der Waals surface area contributed by atoms with Gasteiger partial charge in [0.2, 0.25) is 0 Å². The summed E-state index contributed by atoms with van der Waals surface area (Å²) in [6.07, 6.45) is 2.76. The molecule has 0 unspecified atom stereocenters. The molecule has 0 radical (unpaired) electrons. The van der Waals surface area contributed by atoms with Gasteiger partial charge in [0.05, 0.1) is 0 Å². The van der Waals surface area contributed by atoms with E-state index < -0.39 is 0 Å². The molecule has 1 fully saturated rings. The summed E-state index contributed by atoms with van der Waals surface area (Å²) < 4.78 is 1.27. The monoisotopic (exact) mass is 301 g/mol. The molecule has 14 heavy (non-hydrogen) atoms. The number of benzene rings is 1. The molecule has 0 aromatic heterocycles. The molecule has 0 saturated carbocycles. The van der Waals surface area contributed by atoms with Crippen molar-refractivity contribution in [3.8, 4) is 0 Å². The predicted octanol–water partition coefficient (Wildman–Crippen LogP) is 3.09. The Morgan fingerprint density at radius 2 is 2.07 bits per heavy atom. The molecule has 76 valence electrons. The molecule has 2 rings (SSSR count). The summed E-state index contributed by atoms with van der Waals surface area (Å²) in [5, 5.41) is 0. The molecule has 0 spiro atoms. The molecule has 1 aromatic carbocycles. The van der Waals surface area contributed by atoms with E-state index >= 15 is 0 Å². The third kappa shape index (κ3) is 2.48. The first-order valence-electron chi connectivity index (χ1n) is 5.24. The van der Waals surface area contributed by atoms with Crippen LogP contribution in [0.15, 0.2) is 30.3 Å². The zero-order valence-corrected chi connectivity index (χ0v) is 10.5. The van der Waals surface area contributed by atoms with E-state index in [4.69, 9.17) is 0 Å². The van der Waals surface area contributed by atoms with Gasteiger partial charge in [0, 0.05) is 17.0 Å². The van der Waals surface area contributed by atoms with Gasteiger partial charge in [0.25, 0.3) is 0 Å². The van der Waals surface area contributed by atoms with E-state index in [0.717, 1.165) is 12.6 Å². The predicted molar refractivity (Wildman–Crippen MR) is 68.8 cm³/mol. The highest BCUT2D eigenvalue weighted by Crippen LogP contribution is 2.21. The van der Waals surface area contributed by atoms with Crippen molar-refractivity contribution < 1.29 is 0 Å². The normalized spacial score (nSPS) is 22.8. The van der Waals surface area contributed by atoms with Crippen LogP contribution in [0, 0.1) is 0 Å². The lowest BCUT2D eigenvalue weighted by atomic mass is 10.2. The second kappa shape index (κ2) is 5.12. The van der Waals surface area contributed by atoms with Crippen molar-refractivity contribution in [1.82, 2.24) is 4.90 Å². The third-order valence-electron chi connectivity index (χ3n) is 2.91. The second-order valence-corrected chi connectivity index (χ2v) is 4.79. The van der Waals surface area contributed by atoms with Gasteiger partial charge in [0.1, 0.15) is 0 Å². The maximum Gasteiger partial charge on any atom is 0.0236 e. The van der Waals surface area contributed by atoms with Gasteiger partial charge in [-0.15, -0.1) is 0 Å². The van der Waals surface area contributed by atoms with E-state index in [1.165, 1.54) is 29.4 Å². The minimum Gasteiger partial charge on any atom is -0.295 e. The third-order valence-corrected chi connectivity index (χ3v) is 3.92. The van der Waals surface area contributed by atoms with Crippen LogP contribution in [0.1, 0.15) is 18.4 Å². The van der Waals surface area contributed by atoms with Gasteiger partial charge in [-0.3, -0.25) is 4.90 Å². The van der Waals surface area contributed by atoms with Crippen molar-refractivity contribution in [1.29, 1.82) is 0 Å². The summed E-state index contributed by atoms with van der Waals surface area (Å²) in [6, 6.07) is 11.6. The number of rotatable bonds is 3. The lowest BCUT2D eigenvalue weighted by Crippen LogP contribution is -2.29. The van der Waals surface area contributed by atoms with Gasteiger partial charge in [0.15, 0.2) is 0 Å². The molecule has 1 nitrogen and oxygen atoms in total. The quantitative estimate of drug-likeness (QED) is 0.612. The first-order chi connectivity index (χ1) is 6.90. The lowest BCUT2D eigenvalue weighted by molar-refractivity contribution is 0.266. The Balaban J connectivity index is 1.97. The first kappa shape index (κ1) is 10.4. The molecule has 0 bridgehead atoms.